The maximum atomic E-state index is 12.6. The van der Waals surface area contributed by atoms with E-state index in [1.807, 2.05) is 0 Å². The zero-order valence-corrected chi connectivity index (χ0v) is 22.4. The van der Waals surface area contributed by atoms with Gasteiger partial charge in [0, 0.05) is 36.9 Å². The highest BCUT2D eigenvalue weighted by atomic mass is 35.5. The fourth-order valence-corrected chi connectivity index (χ4v) is 5.76. The van der Waals surface area contributed by atoms with Gasteiger partial charge in [-0.3, -0.25) is 4.79 Å². The molecule has 1 spiro atoms. The minimum absolute atomic E-state index is 0.00376. The number of amides is 1. The number of carbonyl (C=O) groups excluding carboxylic acids is 1. The molecule has 1 aromatic heterocycles. The van der Waals surface area contributed by atoms with Gasteiger partial charge >= 0.3 is 0 Å². The van der Waals surface area contributed by atoms with Crippen molar-refractivity contribution in [3.8, 4) is 5.75 Å². The number of halogens is 1. The van der Waals surface area contributed by atoms with Gasteiger partial charge in [-0.05, 0) is 56.4 Å². The SMILES string of the molecule is CCC[C@H](NC(=O)[C@@H]1CCCO1)[C@H](O)CN[C@H]1CC2(CCC2)Oc2c1cc(CC(C)(C)C)nc2Cl. The Balaban J connectivity index is 1.48. The van der Waals surface area contributed by atoms with Crippen LogP contribution in [0.25, 0.3) is 0 Å². The molecule has 3 heterocycles. The molecular formula is C27H42ClN3O4. The first-order chi connectivity index (χ1) is 16.6. The lowest BCUT2D eigenvalue weighted by atomic mass is 9.73. The number of fused-ring (bicyclic) bond motifs is 1. The maximum absolute atomic E-state index is 12.6. The summed E-state index contributed by atoms with van der Waals surface area (Å²) in [7, 11) is 0. The monoisotopic (exact) mass is 507 g/mol. The Morgan fingerprint density at radius 1 is 1.34 bits per heavy atom. The molecular weight excluding hydrogens is 466 g/mol. The molecule has 4 rings (SSSR count). The molecule has 0 bridgehead atoms. The Bertz CT molecular complexity index is 893. The average Bonchev–Trinajstić information content (AvgIpc) is 3.30. The van der Waals surface area contributed by atoms with E-state index in [1.165, 1.54) is 0 Å². The first-order valence-electron chi connectivity index (χ1n) is 13.3. The zero-order valence-electron chi connectivity index (χ0n) is 21.7. The Hall–Kier alpha value is -1.41. The molecule has 4 atom stereocenters. The van der Waals surface area contributed by atoms with E-state index in [2.05, 4.69) is 49.4 Å². The largest absolute Gasteiger partial charge is 0.484 e. The number of nitrogens with one attached hydrogen (secondary N) is 2. The minimum Gasteiger partial charge on any atom is -0.484 e. The van der Waals surface area contributed by atoms with Crippen LogP contribution < -0.4 is 15.4 Å². The van der Waals surface area contributed by atoms with Crippen molar-refractivity contribution >= 4 is 17.5 Å². The Labute approximate surface area is 214 Å². The minimum atomic E-state index is -0.713. The molecule has 196 valence electrons. The number of aromatic nitrogens is 1. The highest BCUT2D eigenvalue weighted by Gasteiger charge is 2.46. The van der Waals surface area contributed by atoms with Crippen molar-refractivity contribution < 1.29 is 19.4 Å². The van der Waals surface area contributed by atoms with Crippen molar-refractivity contribution in [1.29, 1.82) is 0 Å². The number of pyridine rings is 1. The molecule has 3 aliphatic rings. The lowest BCUT2D eigenvalue weighted by Gasteiger charge is -2.48. The number of rotatable bonds is 9. The van der Waals surface area contributed by atoms with Crippen LogP contribution in [0.5, 0.6) is 5.75 Å². The van der Waals surface area contributed by atoms with E-state index < -0.39 is 12.2 Å². The summed E-state index contributed by atoms with van der Waals surface area (Å²) in [5, 5.41) is 18.2. The van der Waals surface area contributed by atoms with Crippen LogP contribution in [0.4, 0.5) is 0 Å². The van der Waals surface area contributed by atoms with E-state index in [9.17, 15) is 9.90 Å². The zero-order chi connectivity index (χ0) is 25.2. The first-order valence-corrected chi connectivity index (χ1v) is 13.7. The molecule has 35 heavy (non-hydrogen) atoms. The summed E-state index contributed by atoms with van der Waals surface area (Å²) in [6.45, 7) is 9.61. The van der Waals surface area contributed by atoms with Crippen LogP contribution >= 0.6 is 11.6 Å². The maximum Gasteiger partial charge on any atom is 0.249 e. The van der Waals surface area contributed by atoms with Gasteiger partial charge in [0.25, 0.3) is 0 Å². The number of hydrogen-bond acceptors (Lipinski definition) is 6. The van der Waals surface area contributed by atoms with Crippen molar-refractivity contribution in [2.75, 3.05) is 13.2 Å². The second kappa shape index (κ2) is 10.9. The van der Waals surface area contributed by atoms with Crippen LogP contribution in [0.15, 0.2) is 6.07 Å². The van der Waals surface area contributed by atoms with E-state index in [0.717, 1.165) is 62.6 Å². The summed E-state index contributed by atoms with van der Waals surface area (Å²) in [6.07, 6.45) is 6.91. The lowest BCUT2D eigenvalue weighted by molar-refractivity contribution is -0.131. The summed E-state index contributed by atoms with van der Waals surface area (Å²) >= 11 is 6.65. The highest BCUT2D eigenvalue weighted by Crippen LogP contribution is 2.51. The van der Waals surface area contributed by atoms with Gasteiger partial charge in [0.15, 0.2) is 10.9 Å². The molecule has 1 amide bonds. The molecule has 8 heteroatoms. The highest BCUT2D eigenvalue weighted by molar-refractivity contribution is 6.31. The number of nitrogens with zero attached hydrogens (tertiary/aromatic N) is 1. The van der Waals surface area contributed by atoms with E-state index in [0.29, 0.717) is 30.5 Å². The molecule has 0 aromatic carbocycles. The van der Waals surface area contributed by atoms with Crippen molar-refractivity contribution in [3.63, 3.8) is 0 Å². The molecule has 2 fully saturated rings. The first kappa shape index (κ1) is 26.6. The molecule has 1 aromatic rings. The number of aliphatic hydroxyl groups is 1. The van der Waals surface area contributed by atoms with Crippen molar-refractivity contribution in [2.45, 2.75) is 115 Å². The third-order valence-electron chi connectivity index (χ3n) is 7.45. The molecule has 7 nitrogen and oxygen atoms in total. The van der Waals surface area contributed by atoms with E-state index >= 15 is 0 Å². The van der Waals surface area contributed by atoms with Crippen LogP contribution in [-0.2, 0) is 16.0 Å². The second-order valence-electron chi connectivity index (χ2n) is 11.8. The van der Waals surface area contributed by atoms with Crippen LogP contribution in [-0.4, -0.2) is 53.0 Å². The molecule has 1 aliphatic carbocycles. The fourth-order valence-electron chi connectivity index (χ4n) is 5.50. The summed E-state index contributed by atoms with van der Waals surface area (Å²) in [4.78, 5) is 17.3. The molecule has 3 N–H and O–H groups in total. The number of aliphatic hydroxyl groups excluding tert-OH is 1. The predicted octanol–water partition coefficient (Wildman–Crippen LogP) is 4.48. The van der Waals surface area contributed by atoms with Crippen LogP contribution in [0, 0.1) is 5.41 Å². The normalized spacial score (nSPS) is 24.9. The van der Waals surface area contributed by atoms with E-state index in [1.54, 1.807) is 0 Å². The molecule has 1 saturated carbocycles. The number of carbonyl (C=O) groups is 1. The molecule has 2 aliphatic heterocycles. The summed E-state index contributed by atoms with van der Waals surface area (Å²) < 4.78 is 12.0. The summed E-state index contributed by atoms with van der Waals surface area (Å²) in [5.41, 5.74) is 1.85. The number of hydrogen-bond donors (Lipinski definition) is 3. The smallest absolute Gasteiger partial charge is 0.249 e. The van der Waals surface area contributed by atoms with Gasteiger partial charge < -0.3 is 25.2 Å². The third-order valence-corrected chi connectivity index (χ3v) is 7.70. The van der Waals surface area contributed by atoms with Gasteiger partial charge in [-0.25, -0.2) is 4.98 Å². The topological polar surface area (TPSA) is 92.7 Å². The van der Waals surface area contributed by atoms with E-state index in [4.69, 9.17) is 21.1 Å². The quantitative estimate of drug-likeness (QED) is 0.427. The average molecular weight is 508 g/mol. The van der Waals surface area contributed by atoms with E-state index in [-0.39, 0.29) is 29.0 Å². The Kier molecular flexibility index (Phi) is 8.31. The van der Waals surface area contributed by atoms with Crippen LogP contribution in [0.3, 0.4) is 0 Å². The predicted molar refractivity (Wildman–Crippen MR) is 137 cm³/mol. The van der Waals surface area contributed by atoms with Gasteiger partial charge in [0.1, 0.15) is 11.7 Å². The standard InChI is InChI=1S/C27H42ClN3O4/c1-5-8-19(31-25(33)22-9-6-12-34-22)21(32)16-29-20-15-27(10-7-11-27)35-23-18(20)13-17(30-24(23)28)14-26(2,3)4/h13,19-22,29,32H,5-12,14-16H2,1-4H3,(H,31,33)/t19-,20-,21+,22-/m0/s1. The van der Waals surface area contributed by atoms with Crippen molar-refractivity contribution in [1.82, 2.24) is 15.6 Å². The van der Waals surface area contributed by atoms with Gasteiger partial charge in [-0.1, -0.05) is 45.7 Å². The summed E-state index contributed by atoms with van der Waals surface area (Å²) in [6, 6.07) is 1.80. The van der Waals surface area contributed by atoms with Gasteiger partial charge in [0.2, 0.25) is 5.91 Å². The van der Waals surface area contributed by atoms with Gasteiger partial charge in [-0.15, -0.1) is 0 Å². The fraction of sp³-hybridized carbons (Fsp3) is 0.778. The second-order valence-corrected chi connectivity index (χ2v) is 12.2. The van der Waals surface area contributed by atoms with Gasteiger partial charge in [0.05, 0.1) is 12.1 Å². The van der Waals surface area contributed by atoms with Gasteiger partial charge in [-0.2, -0.15) is 0 Å². The van der Waals surface area contributed by atoms with Crippen molar-refractivity contribution in [2.24, 2.45) is 5.41 Å². The van der Waals surface area contributed by atoms with Crippen LogP contribution in [0.2, 0.25) is 5.15 Å². The Morgan fingerprint density at radius 3 is 2.71 bits per heavy atom. The third kappa shape index (κ3) is 6.48. The Morgan fingerprint density at radius 2 is 2.11 bits per heavy atom. The molecule has 0 radical (unpaired) electrons. The number of ether oxygens (including phenoxy) is 2. The summed E-state index contributed by atoms with van der Waals surface area (Å²) in [5.74, 6) is 0.563. The lowest BCUT2D eigenvalue weighted by Crippen LogP contribution is -2.52. The van der Waals surface area contributed by atoms with Crippen LogP contribution in [0.1, 0.15) is 96.4 Å². The molecule has 0 unspecified atom stereocenters. The molecule has 1 saturated heterocycles. The van der Waals surface area contributed by atoms with Crippen molar-refractivity contribution in [3.05, 3.63) is 22.5 Å².